The van der Waals surface area contributed by atoms with Crippen LogP contribution in [0.1, 0.15) is 59.8 Å². The molecule has 1 atom stereocenters. The molecule has 0 radical (unpaired) electrons. The molecule has 0 saturated carbocycles. The minimum Gasteiger partial charge on any atom is -0.478 e. The lowest BCUT2D eigenvalue weighted by atomic mass is 9.65. The molecule has 0 aromatic rings. The molecule has 124 valence electrons. The Morgan fingerprint density at radius 1 is 1.26 bits per heavy atom. The maximum absolute atomic E-state index is 10.6. The number of hydrogen-bond donors (Lipinski definition) is 1. The number of carboxylic acids is 1. The van der Waals surface area contributed by atoms with Crippen molar-refractivity contribution in [1.82, 2.24) is 0 Å². The summed E-state index contributed by atoms with van der Waals surface area (Å²) in [6, 6.07) is 0. The van der Waals surface area contributed by atoms with Crippen LogP contribution in [-0.4, -0.2) is 11.1 Å². The van der Waals surface area contributed by atoms with Gasteiger partial charge in [0.05, 0.1) is 0 Å². The van der Waals surface area contributed by atoms with Crippen molar-refractivity contribution in [3.05, 3.63) is 58.2 Å². The number of rotatable bonds is 4. The zero-order chi connectivity index (χ0) is 17.0. The maximum Gasteiger partial charge on any atom is 0.328 e. The molecule has 23 heavy (non-hydrogen) atoms. The van der Waals surface area contributed by atoms with Gasteiger partial charge in [-0.25, -0.2) is 4.79 Å². The SMILES string of the molecule is CC1=C2C=C(\C(C)=C/C=C/C(C)=C/C(=O)O)CC[C@@]2(C)CCC1. The van der Waals surface area contributed by atoms with Gasteiger partial charge in [-0.15, -0.1) is 0 Å². The zero-order valence-electron chi connectivity index (χ0n) is 14.8. The Labute approximate surface area is 140 Å². The van der Waals surface area contributed by atoms with E-state index in [9.17, 15) is 4.79 Å². The second kappa shape index (κ2) is 7.16. The van der Waals surface area contributed by atoms with E-state index in [0.717, 1.165) is 12.0 Å². The van der Waals surface area contributed by atoms with Gasteiger partial charge in [0, 0.05) is 6.08 Å². The molecular formula is C21H28O2. The van der Waals surface area contributed by atoms with Crippen molar-refractivity contribution >= 4 is 5.97 Å². The molecule has 0 fully saturated rings. The first-order chi connectivity index (χ1) is 10.8. The number of carbonyl (C=O) groups is 1. The number of fused-ring (bicyclic) bond motifs is 1. The molecule has 2 aliphatic carbocycles. The average molecular weight is 312 g/mol. The van der Waals surface area contributed by atoms with Crippen LogP contribution < -0.4 is 0 Å². The molecule has 0 saturated heterocycles. The van der Waals surface area contributed by atoms with Crippen LogP contribution >= 0.6 is 0 Å². The molecule has 0 aromatic heterocycles. The average Bonchev–Trinajstić information content (AvgIpc) is 2.46. The largest absolute Gasteiger partial charge is 0.478 e. The first-order valence-corrected chi connectivity index (χ1v) is 8.49. The molecule has 2 aliphatic rings. The summed E-state index contributed by atoms with van der Waals surface area (Å²) in [4.78, 5) is 10.6. The van der Waals surface area contributed by atoms with E-state index in [1.807, 2.05) is 12.2 Å². The predicted molar refractivity (Wildman–Crippen MR) is 96.3 cm³/mol. The molecule has 0 heterocycles. The van der Waals surface area contributed by atoms with Gasteiger partial charge in [0.1, 0.15) is 0 Å². The lowest BCUT2D eigenvalue weighted by molar-refractivity contribution is -0.131. The Morgan fingerprint density at radius 3 is 2.70 bits per heavy atom. The predicted octanol–water partition coefficient (Wildman–Crippen LogP) is 5.75. The number of carboxylic acid groups (broad SMARTS) is 1. The lowest BCUT2D eigenvalue weighted by Crippen LogP contribution is -2.26. The zero-order valence-corrected chi connectivity index (χ0v) is 14.8. The van der Waals surface area contributed by atoms with Gasteiger partial charge >= 0.3 is 5.97 Å². The fourth-order valence-electron chi connectivity index (χ4n) is 3.75. The number of hydrogen-bond acceptors (Lipinski definition) is 1. The van der Waals surface area contributed by atoms with Crippen molar-refractivity contribution in [2.24, 2.45) is 5.41 Å². The fourth-order valence-corrected chi connectivity index (χ4v) is 3.75. The van der Waals surface area contributed by atoms with Crippen LogP contribution in [0.2, 0.25) is 0 Å². The summed E-state index contributed by atoms with van der Waals surface area (Å²) in [5.41, 5.74) is 6.93. The van der Waals surface area contributed by atoms with E-state index in [0.29, 0.717) is 5.41 Å². The highest BCUT2D eigenvalue weighted by molar-refractivity contribution is 5.81. The molecule has 0 spiro atoms. The Hall–Kier alpha value is -1.83. The van der Waals surface area contributed by atoms with Crippen LogP contribution in [0.25, 0.3) is 0 Å². The summed E-state index contributed by atoms with van der Waals surface area (Å²) in [5.74, 6) is -0.901. The molecule has 2 rings (SSSR count). The van der Waals surface area contributed by atoms with Gasteiger partial charge in [0.15, 0.2) is 0 Å². The maximum atomic E-state index is 10.6. The molecule has 0 aromatic carbocycles. The van der Waals surface area contributed by atoms with E-state index in [1.165, 1.54) is 42.9 Å². The van der Waals surface area contributed by atoms with Crippen LogP contribution in [0.5, 0.6) is 0 Å². The monoisotopic (exact) mass is 312 g/mol. The third-order valence-electron chi connectivity index (χ3n) is 5.22. The highest BCUT2D eigenvalue weighted by Crippen LogP contribution is 2.49. The van der Waals surface area contributed by atoms with Crippen molar-refractivity contribution in [1.29, 1.82) is 0 Å². The molecule has 0 bridgehead atoms. The topological polar surface area (TPSA) is 37.3 Å². The minimum absolute atomic E-state index is 0.378. The van der Waals surface area contributed by atoms with Crippen LogP contribution in [0.15, 0.2) is 58.2 Å². The minimum atomic E-state index is -0.901. The second-order valence-electron chi connectivity index (χ2n) is 7.21. The summed E-state index contributed by atoms with van der Waals surface area (Å²) in [6.07, 6.45) is 15.7. The van der Waals surface area contributed by atoms with Gasteiger partial charge in [-0.1, -0.05) is 36.8 Å². The molecule has 2 heteroatoms. The van der Waals surface area contributed by atoms with Crippen LogP contribution in [-0.2, 0) is 4.79 Å². The van der Waals surface area contributed by atoms with E-state index in [1.54, 1.807) is 18.1 Å². The van der Waals surface area contributed by atoms with Crippen molar-refractivity contribution in [3.8, 4) is 0 Å². The molecule has 0 amide bonds. The highest BCUT2D eigenvalue weighted by Gasteiger charge is 2.34. The van der Waals surface area contributed by atoms with E-state index in [2.05, 4.69) is 32.9 Å². The van der Waals surface area contributed by atoms with Gasteiger partial charge in [0.2, 0.25) is 0 Å². The van der Waals surface area contributed by atoms with Crippen molar-refractivity contribution in [2.45, 2.75) is 59.8 Å². The standard InChI is InChI=1S/C21H28O2/c1-15(13-20(22)23)7-5-8-16(2)18-10-12-21(4)11-6-9-17(3)19(21)14-18/h5,7-8,13-14H,6,9-12H2,1-4H3,(H,22,23)/b7-5+,15-13+,16-8-/t21-/m1/s1. The molecule has 1 N–H and O–H groups in total. The number of allylic oxidation sites excluding steroid dienone is 9. The third kappa shape index (κ3) is 4.34. The van der Waals surface area contributed by atoms with Crippen LogP contribution in [0.4, 0.5) is 0 Å². The first-order valence-electron chi connectivity index (χ1n) is 8.49. The smallest absolute Gasteiger partial charge is 0.328 e. The Kier molecular flexibility index (Phi) is 5.46. The normalized spacial score (nSPS) is 26.3. The van der Waals surface area contributed by atoms with Gasteiger partial charge in [-0.2, -0.15) is 0 Å². The summed E-state index contributed by atoms with van der Waals surface area (Å²) in [7, 11) is 0. The van der Waals surface area contributed by atoms with E-state index < -0.39 is 5.97 Å². The summed E-state index contributed by atoms with van der Waals surface area (Å²) in [5, 5.41) is 8.72. The van der Waals surface area contributed by atoms with Crippen molar-refractivity contribution in [2.75, 3.05) is 0 Å². The van der Waals surface area contributed by atoms with Crippen molar-refractivity contribution < 1.29 is 9.90 Å². The lowest BCUT2D eigenvalue weighted by Gasteiger charge is -2.40. The van der Waals surface area contributed by atoms with E-state index in [-0.39, 0.29) is 0 Å². The van der Waals surface area contributed by atoms with Gasteiger partial charge in [-0.05, 0) is 80.6 Å². The van der Waals surface area contributed by atoms with Crippen molar-refractivity contribution in [3.63, 3.8) is 0 Å². The van der Waals surface area contributed by atoms with Crippen LogP contribution in [0, 0.1) is 5.41 Å². The molecule has 0 aliphatic heterocycles. The molecule has 0 unspecified atom stereocenters. The van der Waals surface area contributed by atoms with E-state index in [4.69, 9.17) is 5.11 Å². The summed E-state index contributed by atoms with van der Waals surface area (Å²) >= 11 is 0. The Bertz CT molecular complexity index is 641. The van der Waals surface area contributed by atoms with E-state index >= 15 is 0 Å². The third-order valence-corrected chi connectivity index (χ3v) is 5.22. The number of aliphatic carboxylic acids is 1. The van der Waals surface area contributed by atoms with Gasteiger partial charge in [0.25, 0.3) is 0 Å². The highest BCUT2D eigenvalue weighted by atomic mass is 16.4. The first kappa shape index (κ1) is 17.5. The second-order valence-corrected chi connectivity index (χ2v) is 7.21. The Morgan fingerprint density at radius 2 is 2.00 bits per heavy atom. The summed E-state index contributed by atoms with van der Waals surface area (Å²) in [6.45, 7) is 8.64. The molecular weight excluding hydrogens is 284 g/mol. The summed E-state index contributed by atoms with van der Waals surface area (Å²) < 4.78 is 0. The quantitative estimate of drug-likeness (QED) is 0.530. The van der Waals surface area contributed by atoms with Crippen LogP contribution in [0.3, 0.4) is 0 Å². The molecule has 2 nitrogen and oxygen atoms in total. The van der Waals surface area contributed by atoms with Gasteiger partial charge < -0.3 is 5.11 Å². The fraction of sp³-hybridized carbons (Fsp3) is 0.476. The van der Waals surface area contributed by atoms with Gasteiger partial charge in [-0.3, -0.25) is 0 Å². The Balaban J connectivity index is 2.19.